The Morgan fingerprint density at radius 2 is 1.76 bits per heavy atom. The van der Waals surface area contributed by atoms with Gasteiger partial charge in [0, 0.05) is 72.7 Å². The van der Waals surface area contributed by atoms with Gasteiger partial charge in [0.1, 0.15) is 5.75 Å². The minimum absolute atomic E-state index is 0.0251. The lowest BCUT2D eigenvalue weighted by molar-refractivity contribution is -0.140. The molecular formula is C35H42F2N4O4. The molecule has 0 atom stereocenters. The second-order valence-corrected chi connectivity index (χ2v) is 11.8. The van der Waals surface area contributed by atoms with Crippen LogP contribution in [0.1, 0.15) is 74.5 Å². The number of esters is 1. The van der Waals surface area contributed by atoms with Crippen molar-refractivity contribution in [2.45, 2.75) is 77.7 Å². The van der Waals surface area contributed by atoms with Crippen LogP contribution in [-0.4, -0.2) is 41.1 Å². The van der Waals surface area contributed by atoms with Gasteiger partial charge in [0.05, 0.1) is 31.6 Å². The largest absolute Gasteiger partial charge is 0.497 e. The number of ether oxygens (including phenoxy) is 2. The highest BCUT2D eigenvalue weighted by atomic mass is 19.3. The van der Waals surface area contributed by atoms with Crippen molar-refractivity contribution in [1.29, 1.82) is 0 Å². The Morgan fingerprint density at radius 1 is 1.00 bits per heavy atom. The molecule has 1 aliphatic heterocycles. The molecule has 0 fully saturated rings. The maximum Gasteiger partial charge on any atom is 0.305 e. The van der Waals surface area contributed by atoms with Crippen molar-refractivity contribution in [3.05, 3.63) is 69.8 Å². The maximum absolute atomic E-state index is 14.7. The monoisotopic (exact) mass is 620 g/mol. The number of alkyl halides is 2. The second-order valence-electron chi connectivity index (χ2n) is 11.8. The minimum atomic E-state index is -2.67. The normalized spacial score (nSPS) is 13.0. The van der Waals surface area contributed by atoms with Crippen LogP contribution in [0.15, 0.2) is 47.5 Å². The van der Waals surface area contributed by atoms with E-state index in [0.29, 0.717) is 35.4 Å². The van der Waals surface area contributed by atoms with Crippen molar-refractivity contribution in [1.82, 2.24) is 14.3 Å². The van der Waals surface area contributed by atoms with E-state index >= 15 is 0 Å². The summed E-state index contributed by atoms with van der Waals surface area (Å²) in [5.41, 5.74) is 5.00. The van der Waals surface area contributed by atoms with Crippen molar-refractivity contribution in [2.75, 3.05) is 25.7 Å². The number of nitrogens with zero attached hydrogens (tertiary/aromatic N) is 4. The predicted octanol–water partition coefficient (Wildman–Crippen LogP) is 7.64. The Bertz CT molecular complexity index is 1730. The zero-order valence-corrected chi connectivity index (χ0v) is 26.6. The molecule has 3 heterocycles. The Morgan fingerprint density at radius 3 is 2.49 bits per heavy atom. The zero-order valence-electron chi connectivity index (χ0n) is 26.6. The highest BCUT2D eigenvalue weighted by Crippen LogP contribution is 2.44. The maximum atomic E-state index is 14.7. The third-order valence-electron chi connectivity index (χ3n) is 8.80. The Labute approximate surface area is 262 Å². The van der Waals surface area contributed by atoms with Crippen LogP contribution in [0.4, 0.5) is 20.2 Å². The summed E-state index contributed by atoms with van der Waals surface area (Å²) in [7, 11) is 4.73. The number of methoxy groups -OCH3 is 2. The van der Waals surface area contributed by atoms with Crippen LogP contribution >= 0.6 is 0 Å². The number of benzene rings is 2. The molecule has 0 unspecified atom stereocenters. The number of aryl methyl sites for hydroxylation is 4. The van der Waals surface area contributed by atoms with Gasteiger partial charge in [-0.2, -0.15) is 5.10 Å². The van der Waals surface area contributed by atoms with E-state index in [2.05, 4.69) is 14.7 Å². The number of halogens is 2. The summed E-state index contributed by atoms with van der Waals surface area (Å²) in [6.07, 6.45) is 8.94. The van der Waals surface area contributed by atoms with Crippen molar-refractivity contribution in [3.8, 4) is 16.9 Å². The molecule has 1 aliphatic rings. The summed E-state index contributed by atoms with van der Waals surface area (Å²) in [6.45, 7) is 3.16. The fourth-order valence-corrected chi connectivity index (χ4v) is 6.32. The number of unbranched alkanes of at least 4 members (excludes halogenated alkanes) is 5. The van der Waals surface area contributed by atoms with Crippen LogP contribution < -0.4 is 15.2 Å². The van der Waals surface area contributed by atoms with Gasteiger partial charge in [0.25, 0.3) is 12.0 Å². The van der Waals surface area contributed by atoms with Crippen molar-refractivity contribution >= 4 is 28.2 Å². The van der Waals surface area contributed by atoms with Gasteiger partial charge in [-0.3, -0.25) is 14.3 Å². The van der Waals surface area contributed by atoms with Crippen LogP contribution in [0, 0.1) is 6.92 Å². The summed E-state index contributed by atoms with van der Waals surface area (Å²) in [5.74, 6) is 0.436. The lowest BCUT2D eigenvalue weighted by atomic mass is 9.92. The van der Waals surface area contributed by atoms with Gasteiger partial charge < -0.3 is 18.9 Å². The van der Waals surface area contributed by atoms with Crippen LogP contribution in [0.25, 0.3) is 22.0 Å². The summed E-state index contributed by atoms with van der Waals surface area (Å²) < 4.78 is 43.0. The van der Waals surface area contributed by atoms with E-state index in [9.17, 15) is 18.4 Å². The molecule has 0 saturated heterocycles. The van der Waals surface area contributed by atoms with Crippen molar-refractivity contribution < 1.29 is 23.0 Å². The van der Waals surface area contributed by atoms with E-state index in [4.69, 9.17) is 4.74 Å². The molecule has 2 aromatic heterocycles. The zero-order chi connectivity index (χ0) is 32.1. The lowest BCUT2D eigenvalue weighted by Gasteiger charge is -2.34. The number of carbonyl (C=O) groups excluding carboxylic acids is 1. The molecule has 0 saturated carbocycles. The third-order valence-corrected chi connectivity index (χ3v) is 8.80. The molecule has 240 valence electrons. The Balaban J connectivity index is 1.37. The summed E-state index contributed by atoms with van der Waals surface area (Å²) in [5, 5.41) is 5.36. The van der Waals surface area contributed by atoms with Gasteiger partial charge in [-0.15, -0.1) is 0 Å². The van der Waals surface area contributed by atoms with Crippen LogP contribution in [0.2, 0.25) is 0 Å². The number of aromatic nitrogens is 3. The van der Waals surface area contributed by atoms with Gasteiger partial charge >= 0.3 is 5.97 Å². The number of pyridine rings is 1. The molecule has 0 radical (unpaired) electrons. The first-order chi connectivity index (χ1) is 21.7. The highest BCUT2D eigenvalue weighted by Gasteiger charge is 2.26. The first-order valence-corrected chi connectivity index (χ1v) is 15.7. The molecule has 10 heteroatoms. The Hall–Kier alpha value is -4.21. The van der Waals surface area contributed by atoms with Gasteiger partial charge in [0.15, 0.2) is 0 Å². The molecule has 8 nitrogen and oxygen atoms in total. The summed E-state index contributed by atoms with van der Waals surface area (Å²) in [6, 6.07) is 9.17. The fraction of sp³-hybridized carbons (Fsp3) is 0.457. The van der Waals surface area contributed by atoms with E-state index in [0.717, 1.165) is 85.8 Å². The highest BCUT2D eigenvalue weighted by molar-refractivity contribution is 5.97. The van der Waals surface area contributed by atoms with Crippen LogP contribution in [0.5, 0.6) is 5.75 Å². The summed E-state index contributed by atoms with van der Waals surface area (Å²) >= 11 is 0. The third kappa shape index (κ3) is 7.05. The van der Waals surface area contributed by atoms with Crippen LogP contribution in [-0.2, 0) is 29.5 Å². The molecule has 4 aromatic rings. The minimum Gasteiger partial charge on any atom is -0.497 e. The number of fused-ring (bicyclic) bond motifs is 2. The smallest absolute Gasteiger partial charge is 0.305 e. The number of hydrogen-bond acceptors (Lipinski definition) is 6. The first kappa shape index (κ1) is 32.2. The molecule has 0 spiro atoms. The van der Waals surface area contributed by atoms with E-state index < -0.39 is 6.43 Å². The molecule has 0 N–H and O–H groups in total. The standard InChI is InChI=1S/C35H42F2N4O4/c1-23-16-29-31(39(2)35(23)43)18-26(44-3)19-32(29)41-15-11-12-24-17-27(28(34(36)37)20-30(24)41)25-21-38-40(22-25)14-10-8-6-5-7-9-13-33(42)45-4/h16-22,34H,5-15H2,1-4H3. The second kappa shape index (κ2) is 14.3. The van der Waals surface area contributed by atoms with Crippen molar-refractivity contribution in [2.24, 2.45) is 7.05 Å². The van der Waals surface area contributed by atoms with E-state index in [-0.39, 0.29) is 17.1 Å². The molecule has 2 aromatic carbocycles. The SMILES string of the molecule is COC(=O)CCCCCCCCn1cc(-c2cc3c(cc2C(F)F)N(c2cc(OC)cc4c2cc(C)c(=O)n4C)CCC3)cn1. The number of carbonyl (C=O) groups is 1. The van der Waals surface area contributed by atoms with Gasteiger partial charge in [-0.05, 0) is 61.9 Å². The average molecular weight is 621 g/mol. The van der Waals surface area contributed by atoms with E-state index in [1.165, 1.54) is 7.11 Å². The number of anilines is 2. The van der Waals surface area contributed by atoms with Gasteiger partial charge in [0.2, 0.25) is 0 Å². The first-order valence-electron chi connectivity index (χ1n) is 15.7. The van der Waals surface area contributed by atoms with Gasteiger partial charge in [-0.1, -0.05) is 25.7 Å². The summed E-state index contributed by atoms with van der Waals surface area (Å²) in [4.78, 5) is 26.0. The van der Waals surface area contributed by atoms with Gasteiger partial charge in [-0.25, -0.2) is 8.78 Å². The molecule has 5 rings (SSSR count). The van der Waals surface area contributed by atoms with E-state index in [1.807, 2.05) is 35.1 Å². The number of rotatable bonds is 13. The molecule has 0 amide bonds. The average Bonchev–Trinajstić information content (AvgIpc) is 3.52. The van der Waals surface area contributed by atoms with E-state index in [1.54, 1.807) is 37.9 Å². The van der Waals surface area contributed by atoms with Crippen molar-refractivity contribution in [3.63, 3.8) is 0 Å². The molecular weight excluding hydrogens is 578 g/mol. The number of hydrogen-bond donors (Lipinski definition) is 0. The lowest BCUT2D eigenvalue weighted by Crippen LogP contribution is -2.26. The molecule has 45 heavy (non-hydrogen) atoms. The Kier molecular flexibility index (Phi) is 10.2. The molecule has 0 bridgehead atoms. The molecule has 0 aliphatic carbocycles. The topological polar surface area (TPSA) is 78.6 Å². The quantitative estimate of drug-likeness (QED) is 0.113. The fourth-order valence-electron chi connectivity index (χ4n) is 6.32. The predicted molar refractivity (Wildman–Crippen MR) is 173 cm³/mol. The van der Waals surface area contributed by atoms with Crippen LogP contribution in [0.3, 0.4) is 0 Å².